The molecule has 0 saturated heterocycles. The van der Waals surface area contributed by atoms with Gasteiger partial charge in [-0.05, 0) is 23.8 Å². The number of hydrogen-bond acceptors (Lipinski definition) is 2. The molecule has 0 fully saturated rings. The molecule has 0 saturated carbocycles. The van der Waals surface area contributed by atoms with E-state index in [4.69, 9.17) is 0 Å². The number of halogens is 1. The Hall–Kier alpha value is -1.87. The largest absolute Gasteiger partial charge is 0.392 e. The van der Waals surface area contributed by atoms with Crippen molar-refractivity contribution < 1.29 is 9.50 Å². The van der Waals surface area contributed by atoms with Gasteiger partial charge in [-0.3, -0.25) is 0 Å². The summed E-state index contributed by atoms with van der Waals surface area (Å²) in [6.07, 6.45) is 0. The maximum absolute atomic E-state index is 12.8. The first-order valence-electron chi connectivity index (χ1n) is 5.85. The van der Waals surface area contributed by atoms with Gasteiger partial charge in [0.05, 0.1) is 6.61 Å². The minimum Gasteiger partial charge on any atom is -0.392 e. The van der Waals surface area contributed by atoms with Crippen LogP contribution in [0.1, 0.15) is 11.1 Å². The molecule has 0 amide bonds. The molecule has 0 radical (unpaired) electrons. The highest BCUT2D eigenvalue weighted by atomic mass is 19.1. The summed E-state index contributed by atoms with van der Waals surface area (Å²) in [5.74, 6) is -0.225. The Bertz CT molecular complexity index is 510. The number of para-hydroxylation sites is 1. The fourth-order valence-corrected chi connectivity index (χ4v) is 1.97. The predicted molar refractivity (Wildman–Crippen MR) is 70.9 cm³/mol. The molecule has 0 heterocycles. The van der Waals surface area contributed by atoms with Gasteiger partial charge in [0.1, 0.15) is 5.82 Å². The second kappa shape index (κ2) is 5.65. The molecule has 0 unspecified atom stereocenters. The average Bonchev–Trinajstić information content (AvgIpc) is 2.41. The van der Waals surface area contributed by atoms with E-state index in [0.717, 1.165) is 16.8 Å². The SMILES string of the molecule is CN(Cc1ccc(F)cc1)c1ccccc1CO. The van der Waals surface area contributed by atoms with Crippen LogP contribution in [0.25, 0.3) is 0 Å². The minimum absolute atomic E-state index is 0.0178. The normalized spacial score (nSPS) is 10.4. The summed E-state index contributed by atoms with van der Waals surface area (Å²) in [6.45, 7) is 0.696. The molecule has 94 valence electrons. The standard InChI is InChI=1S/C15H16FNO/c1-17(10-12-6-8-14(16)9-7-12)15-5-3-2-4-13(15)11-18/h2-9,18H,10-11H2,1H3. The van der Waals surface area contributed by atoms with Crippen molar-refractivity contribution in [1.29, 1.82) is 0 Å². The molecule has 18 heavy (non-hydrogen) atoms. The van der Waals surface area contributed by atoms with E-state index in [-0.39, 0.29) is 12.4 Å². The van der Waals surface area contributed by atoms with Crippen molar-refractivity contribution in [3.63, 3.8) is 0 Å². The molecule has 2 rings (SSSR count). The molecular weight excluding hydrogens is 229 g/mol. The highest BCUT2D eigenvalue weighted by Crippen LogP contribution is 2.20. The van der Waals surface area contributed by atoms with Gasteiger partial charge in [0.15, 0.2) is 0 Å². The summed E-state index contributed by atoms with van der Waals surface area (Å²) in [5.41, 5.74) is 2.91. The first kappa shape index (κ1) is 12.6. The molecule has 0 spiro atoms. The van der Waals surface area contributed by atoms with Crippen molar-refractivity contribution in [3.8, 4) is 0 Å². The van der Waals surface area contributed by atoms with Crippen molar-refractivity contribution in [2.24, 2.45) is 0 Å². The van der Waals surface area contributed by atoms with Gasteiger partial charge in [-0.2, -0.15) is 0 Å². The molecule has 2 aromatic rings. The Kier molecular flexibility index (Phi) is 3.95. The number of nitrogens with zero attached hydrogens (tertiary/aromatic N) is 1. The van der Waals surface area contributed by atoms with Crippen molar-refractivity contribution in [2.75, 3.05) is 11.9 Å². The molecule has 2 nitrogen and oxygen atoms in total. The van der Waals surface area contributed by atoms with Crippen LogP contribution < -0.4 is 4.90 Å². The topological polar surface area (TPSA) is 23.5 Å². The maximum Gasteiger partial charge on any atom is 0.123 e. The number of benzene rings is 2. The molecule has 0 atom stereocenters. The molecular formula is C15H16FNO. The first-order chi connectivity index (χ1) is 8.70. The average molecular weight is 245 g/mol. The van der Waals surface area contributed by atoms with Crippen LogP contribution >= 0.6 is 0 Å². The highest BCUT2D eigenvalue weighted by Gasteiger charge is 2.06. The lowest BCUT2D eigenvalue weighted by molar-refractivity contribution is 0.282. The number of rotatable bonds is 4. The lowest BCUT2D eigenvalue weighted by Gasteiger charge is -2.22. The highest BCUT2D eigenvalue weighted by molar-refractivity contribution is 5.53. The van der Waals surface area contributed by atoms with Crippen molar-refractivity contribution in [2.45, 2.75) is 13.2 Å². The lowest BCUT2D eigenvalue weighted by Crippen LogP contribution is -2.17. The van der Waals surface area contributed by atoms with Crippen LogP contribution in [-0.2, 0) is 13.2 Å². The fraction of sp³-hybridized carbons (Fsp3) is 0.200. The second-order valence-corrected chi connectivity index (χ2v) is 4.27. The van der Waals surface area contributed by atoms with Crippen LogP contribution in [0, 0.1) is 5.82 Å². The van der Waals surface area contributed by atoms with Gasteiger partial charge >= 0.3 is 0 Å². The van der Waals surface area contributed by atoms with Gasteiger partial charge < -0.3 is 10.0 Å². The summed E-state index contributed by atoms with van der Waals surface area (Å²) >= 11 is 0. The van der Waals surface area contributed by atoms with Gasteiger partial charge in [-0.1, -0.05) is 30.3 Å². The molecule has 3 heteroatoms. The number of aliphatic hydroxyl groups excluding tert-OH is 1. The first-order valence-corrected chi connectivity index (χ1v) is 5.85. The monoisotopic (exact) mass is 245 g/mol. The maximum atomic E-state index is 12.8. The molecule has 1 N–H and O–H groups in total. The number of anilines is 1. The zero-order valence-electron chi connectivity index (χ0n) is 10.3. The minimum atomic E-state index is -0.225. The summed E-state index contributed by atoms with van der Waals surface area (Å²) in [7, 11) is 1.96. The van der Waals surface area contributed by atoms with E-state index in [9.17, 15) is 9.50 Å². The van der Waals surface area contributed by atoms with Gasteiger partial charge in [0.25, 0.3) is 0 Å². The quantitative estimate of drug-likeness (QED) is 0.895. The van der Waals surface area contributed by atoms with Crippen LogP contribution in [-0.4, -0.2) is 12.2 Å². The van der Waals surface area contributed by atoms with E-state index in [2.05, 4.69) is 0 Å². The second-order valence-electron chi connectivity index (χ2n) is 4.27. The Labute approximate surface area is 106 Å². The Morgan fingerprint density at radius 2 is 1.72 bits per heavy atom. The van der Waals surface area contributed by atoms with Crippen LogP contribution in [0.4, 0.5) is 10.1 Å². The Morgan fingerprint density at radius 1 is 1.06 bits per heavy atom. The smallest absolute Gasteiger partial charge is 0.123 e. The van der Waals surface area contributed by atoms with Crippen molar-refractivity contribution in [1.82, 2.24) is 0 Å². The van der Waals surface area contributed by atoms with Crippen LogP contribution in [0.5, 0.6) is 0 Å². The van der Waals surface area contributed by atoms with Crippen molar-refractivity contribution in [3.05, 3.63) is 65.5 Å². The summed E-state index contributed by atoms with van der Waals surface area (Å²) < 4.78 is 12.8. The third-order valence-electron chi connectivity index (χ3n) is 2.91. The van der Waals surface area contributed by atoms with E-state index in [1.807, 2.05) is 36.2 Å². The predicted octanol–water partition coefficient (Wildman–Crippen LogP) is 2.95. The molecule has 0 bridgehead atoms. The van der Waals surface area contributed by atoms with E-state index in [1.54, 1.807) is 12.1 Å². The zero-order chi connectivity index (χ0) is 13.0. The lowest BCUT2D eigenvalue weighted by atomic mass is 10.1. The fourth-order valence-electron chi connectivity index (χ4n) is 1.97. The molecule has 0 aliphatic heterocycles. The van der Waals surface area contributed by atoms with E-state index in [0.29, 0.717) is 6.54 Å². The van der Waals surface area contributed by atoms with Crippen LogP contribution in [0.3, 0.4) is 0 Å². The molecule has 0 aliphatic rings. The van der Waals surface area contributed by atoms with Gasteiger partial charge in [0, 0.05) is 24.8 Å². The van der Waals surface area contributed by atoms with Gasteiger partial charge in [-0.15, -0.1) is 0 Å². The summed E-state index contributed by atoms with van der Waals surface area (Å²) in [4.78, 5) is 2.04. The zero-order valence-corrected chi connectivity index (χ0v) is 10.3. The van der Waals surface area contributed by atoms with E-state index >= 15 is 0 Å². The number of hydrogen-bond donors (Lipinski definition) is 1. The Morgan fingerprint density at radius 3 is 2.39 bits per heavy atom. The van der Waals surface area contributed by atoms with E-state index in [1.165, 1.54) is 12.1 Å². The Balaban J connectivity index is 2.16. The van der Waals surface area contributed by atoms with Crippen molar-refractivity contribution >= 4 is 5.69 Å². The summed E-state index contributed by atoms with van der Waals surface area (Å²) in [5, 5.41) is 9.29. The van der Waals surface area contributed by atoms with Gasteiger partial charge in [-0.25, -0.2) is 4.39 Å². The van der Waals surface area contributed by atoms with Gasteiger partial charge in [0.2, 0.25) is 0 Å². The van der Waals surface area contributed by atoms with Crippen LogP contribution in [0.2, 0.25) is 0 Å². The molecule has 0 aliphatic carbocycles. The summed E-state index contributed by atoms with van der Waals surface area (Å²) in [6, 6.07) is 14.2. The molecule has 0 aromatic heterocycles. The third-order valence-corrected chi connectivity index (χ3v) is 2.91. The number of aliphatic hydroxyl groups is 1. The molecule has 2 aromatic carbocycles. The van der Waals surface area contributed by atoms with Crippen LogP contribution in [0.15, 0.2) is 48.5 Å². The third kappa shape index (κ3) is 2.87. The van der Waals surface area contributed by atoms with E-state index < -0.39 is 0 Å².